The third-order valence-electron chi connectivity index (χ3n) is 1.57. The van der Waals surface area contributed by atoms with E-state index < -0.39 is 11.9 Å². The molecule has 0 radical (unpaired) electrons. The molecule has 0 saturated heterocycles. The van der Waals surface area contributed by atoms with Crippen LogP contribution in [0.2, 0.25) is 0 Å². The Hall–Kier alpha value is -1.49. The van der Waals surface area contributed by atoms with Gasteiger partial charge in [-0.25, -0.2) is 10.5 Å². The number of halogens is 1. The summed E-state index contributed by atoms with van der Waals surface area (Å²) in [6.07, 6.45) is 1.23. The SMILES string of the molecule is CC(C)CONC(=O)c1ccnc(F)c1. The van der Waals surface area contributed by atoms with E-state index in [1.54, 1.807) is 0 Å². The number of carbonyl (C=O) groups is 1. The van der Waals surface area contributed by atoms with Crippen LogP contribution >= 0.6 is 0 Å². The van der Waals surface area contributed by atoms with E-state index >= 15 is 0 Å². The van der Waals surface area contributed by atoms with E-state index in [-0.39, 0.29) is 5.56 Å². The lowest BCUT2D eigenvalue weighted by Crippen LogP contribution is -2.25. The van der Waals surface area contributed by atoms with Gasteiger partial charge in [0, 0.05) is 17.8 Å². The maximum absolute atomic E-state index is 12.6. The van der Waals surface area contributed by atoms with Crippen LogP contribution in [-0.2, 0) is 4.84 Å². The van der Waals surface area contributed by atoms with Crippen LogP contribution in [-0.4, -0.2) is 17.5 Å². The van der Waals surface area contributed by atoms with E-state index in [0.29, 0.717) is 12.5 Å². The third-order valence-corrected chi connectivity index (χ3v) is 1.57. The first kappa shape index (κ1) is 11.6. The topological polar surface area (TPSA) is 51.2 Å². The van der Waals surface area contributed by atoms with Gasteiger partial charge in [-0.15, -0.1) is 0 Å². The fourth-order valence-corrected chi connectivity index (χ4v) is 0.877. The van der Waals surface area contributed by atoms with E-state index in [2.05, 4.69) is 10.5 Å². The molecule has 0 saturated carbocycles. The molecule has 5 heteroatoms. The Kier molecular flexibility index (Phi) is 4.17. The Morgan fingerprint density at radius 1 is 1.67 bits per heavy atom. The molecular formula is C10H13FN2O2. The van der Waals surface area contributed by atoms with Crippen LogP contribution < -0.4 is 5.48 Å². The number of rotatable bonds is 4. The molecule has 0 unspecified atom stereocenters. The molecule has 1 N–H and O–H groups in total. The van der Waals surface area contributed by atoms with E-state index in [0.717, 1.165) is 6.07 Å². The highest BCUT2D eigenvalue weighted by Crippen LogP contribution is 2.00. The number of nitrogens with one attached hydrogen (secondary N) is 1. The van der Waals surface area contributed by atoms with Crippen LogP contribution in [0.25, 0.3) is 0 Å². The quantitative estimate of drug-likeness (QED) is 0.608. The Labute approximate surface area is 87.4 Å². The van der Waals surface area contributed by atoms with Crippen molar-refractivity contribution in [2.75, 3.05) is 6.61 Å². The van der Waals surface area contributed by atoms with Crippen molar-refractivity contribution in [3.8, 4) is 0 Å². The zero-order valence-electron chi connectivity index (χ0n) is 8.66. The molecule has 1 rings (SSSR count). The van der Waals surface area contributed by atoms with Crippen LogP contribution in [0.5, 0.6) is 0 Å². The smallest absolute Gasteiger partial charge is 0.273 e. The summed E-state index contributed by atoms with van der Waals surface area (Å²) in [7, 11) is 0. The van der Waals surface area contributed by atoms with Gasteiger partial charge < -0.3 is 0 Å². The molecule has 1 aromatic rings. The maximum Gasteiger partial charge on any atom is 0.275 e. The predicted molar refractivity (Wildman–Crippen MR) is 52.5 cm³/mol. The predicted octanol–water partition coefficient (Wildman–Crippen LogP) is 1.54. The summed E-state index contributed by atoms with van der Waals surface area (Å²) >= 11 is 0. The molecule has 0 fully saturated rings. The van der Waals surface area contributed by atoms with Crippen molar-refractivity contribution in [3.05, 3.63) is 29.8 Å². The molecule has 4 nitrogen and oxygen atoms in total. The number of hydrogen-bond acceptors (Lipinski definition) is 3. The van der Waals surface area contributed by atoms with Crippen molar-refractivity contribution in [2.45, 2.75) is 13.8 Å². The Morgan fingerprint density at radius 3 is 3.00 bits per heavy atom. The summed E-state index contributed by atoms with van der Waals surface area (Å²) in [5, 5.41) is 0. The van der Waals surface area contributed by atoms with Crippen LogP contribution in [0.4, 0.5) is 4.39 Å². The van der Waals surface area contributed by atoms with Gasteiger partial charge in [0.25, 0.3) is 5.91 Å². The normalized spacial score (nSPS) is 10.4. The molecule has 0 aliphatic carbocycles. The van der Waals surface area contributed by atoms with Gasteiger partial charge in [0.1, 0.15) is 0 Å². The van der Waals surface area contributed by atoms with Crippen LogP contribution in [0.3, 0.4) is 0 Å². The molecule has 0 spiro atoms. The molecule has 1 heterocycles. The van der Waals surface area contributed by atoms with Crippen molar-refractivity contribution in [1.29, 1.82) is 0 Å². The van der Waals surface area contributed by atoms with E-state index in [9.17, 15) is 9.18 Å². The van der Waals surface area contributed by atoms with Crippen LogP contribution in [0, 0.1) is 11.9 Å². The molecule has 0 atom stereocenters. The highest BCUT2D eigenvalue weighted by molar-refractivity contribution is 5.93. The second-order valence-electron chi connectivity index (χ2n) is 3.50. The summed E-state index contributed by atoms with van der Waals surface area (Å²) in [4.78, 5) is 19.6. The molecule has 0 aromatic carbocycles. The summed E-state index contributed by atoms with van der Waals surface area (Å²) in [6, 6.07) is 2.46. The highest BCUT2D eigenvalue weighted by Gasteiger charge is 2.06. The molecule has 82 valence electrons. The van der Waals surface area contributed by atoms with Gasteiger partial charge in [0.15, 0.2) is 0 Å². The molecule has 0 bridgehead atoms. The molecule has 15 heavy (non-hydrogen) atoms. The zero-order chi connectivity index (χ0) is 11.3. The van der Waals surface area contributed by atoms with Gasteiger partial charge in [-0.3, -0.25) is 9.63 Å². The van der Waals surface area contributed by atoms with Crippen molar-refractivity contribution in [2.24, 2.45) is 5.92 Å². The molecule has 1 aromatic heterocycles. The molecular weight excluding hydrogens is 199 g/mol. The van der Waals surface area contributed by atoms with Crippen LogP contribution in [0.1, 0.15) is 24.2 Å². The molecule has 0 aliphatic rings. The van der Waals surface area contributed by atoms with Crippen molar-refractivity contribution in [3.63, 3.8) is 0 Å². The average molecular weight is 212 g/mol. The summed E-state index contributed by atoms with van der Waals surface area (Å²) in [6.45, 7) is 4.33. The number of carbonyl (C=O) groups excluding carboxylic acids is 1. The van der Waals surface area contributed by atoms with E-state index in [4.69, 9.17) is 4.84 Å². The van der Waals surface area contributed by atoms with Gasteiger partial charge in [0.05, 0.1) is 6.61 Å². The fourth-order valence-electron chi connectivity index (χ4n) is 0.877. The van der Waals surface area contributed by atoms with Gasteiger partial charge >= 0.3 is 0 Å². The minimum Gasteiger partial charge on any atom is -0.273 e. The van der Waals surface area contributed by atoms with Crippen molar-refractivity contribution >= 4 is 5.91 Å². The second-order valence-corrected chi connectivity index (χ2v) is 3.50. The monoisotopic (exact) mass is 212 g/mol. The highest BCUT2D eigenvalue weighted by atomic mass is 19.1. The first-order valence-electron chi connectivity index (χ1n) is 4.63. The number of hydroxylamine groups is 1. The second kappa shape index (κ2) is 5.41. The first-order chi connectivity index (χ1) is 7.09. The Balaban J connectivity index is 2.47. The lowest BCUT2D eigenvalue weighted by molar-refractivity contribution is 0.0208. The molecule has 0 aliphatic heterocycles. The lowest BCUT2D eigenvalue weighted by Gasteiger charge is -2.07. The summed E-state index contributed by atoms with van der Waals surface area (Å²) in [5.41, 5.74) is 2.41. The Morgan fingerprint density at radius 2 is 2.40 bits per heavy atom. The van der Waals surface area contributed by atoms with Crippen molar-refractivity contribution in [1.82, 2.24) is 10.5 Å². The van der Waals surface area contributed by atoms with Gasteiger partial charge in [-0.1, -0.05) is 13.8 Å². The van der Waals surface area contributed by atoms with E-state index in [1.165, 1.54) is 12.3 Å². The minimum absolute atomic E-state index is 0.186. The van der Waals surface area contributed by atoms with Crippen LogP contribution in [0.15, 0.2) is 18.3 Å². The minimum atomic E-state index is -0.688. The first-order valence-corrected chi connectivity index (χ1v) is 4.63. The number of hydrogen-bond donors (Lipinski definition) is 1. The van der Waals surface area contributed by atoms with Gasteiger partial charge in [-0.05, 0) is 12.0 Å². The van der Waals surface area contributed by atoms with Gasteiger partial charge in [-0.2, -0.15) is 4.39 Å². The zero-order valence-corrected chi connectivity index (χ0v) is 8.66. The standard InChI is InChI=1S/C10H13FN2O2/c1-7(2)6-15-13-10(14)8-3-4-12-9(11)5-8/h3-5,7H,6H2,1-2H3,(H,13,14). The Bertz CT molecular complexity index is 342. The van der Waals surface area contributed by atoms with Gasteiger partial charge in [0.2, 0.25) is 5.95 Å². The summed E-state index contributed by atoms with van der Waals surface area (Å²) < 4.78 is 12.6. The average Bonchev–Trinajstić information content (AvgIpc) is 2.17. The maximum atomic E-state index is 12.6. The number of amides is 1. The number of pyridine rings is 1. The summed E-state index contributed by atoms with van der Waals surface area (Å²) in [5.74, 6) is -0.845. The van der Waals surface area contributed by atoms with E-state index in [1.807, 2.05) is 13.8 Å². The molecule has 1 amide bonds. The fraction of sp³-hybridized carbons (Fsp3) is 0.400. The van der Waals surface area contributed by atoms with Crippen molar-refractivity contribution < 1.29 is 14.0 Å². The largest absolute Gasteiger partial charge is 0.275 e. The number of nitrogens with zero attached hydrogens (tertiary/aromatic N) is 1. The number of aromatic nitrogens is 1. The lowest BCUT2D eigenvalue weighted by atomic mass is 10.2. The third kappa shape index (κ3) is 4.03.